The molecule has 2 aromatic rings. The minimum atomic E-state index is -0.318. The Bertz CT molecular complexity index is 748. The van der Waals surface area contributed by atoms with Crippen molar-refractivity contribution in [2.75, 3.05) is 19.5 Å². The maximum atomic E-state index is 12.3. The molecule has 0 spiro atoms. The Hall–Kier alpha value is -3.00. The summed E-state index contributed by atoms with van der Waals surface area (Å²) in [5, 5.41) is 11.7. The zero-order valence-electron chi connectivity index (χ0n) is 12.6. The van der Waals surface area contributed by atoms with Crippen LogP contribution in [0.25, 0.3) is 0 Å². The topological polar surface area (TPSA) is 71.3 Å². The van der Waals surface area contributed by atoms with Crippen molar-refractivity contribution in [3.63, 3.8) is 0 Å². The number of rotatable bonds is 4. The van der Waals surface area contributed by atoms with Crippen molar-refractivity contribution < 1.29 is 14.3 Å². The molecule has 0 saturated heterocycles. The highest BCUT2D eigenvalue weighted by molar-refractivity contribution is 6.05. The molecule has 1 amide bonds. The highest BCUT2D eigenvalue weighted by Crippen LogP contribution is 2.32. The van der Waals surface area contributed by atoms with Gasteiger partial charge in [0, 0.05) is 11.6 Å². The lowest BCUT2D eigenvalue weighted by Crippen LogP contribution is -2.13. The summed E-state index contributed by atoms with van der Waals surface area (Å²) >= 11 is 0. The smallest absolute Gasteiger partial charge is 0.255 e. The molecule has 2 rings (SSSR count). The normalized spacial score (nSPS) is 9.73. The summed E-state index contributed by atoms with van der Waals surface area (Å²) in [5.74, 6) is 0.881. The molecule has 1 N–H and O–H groups in total. The first-order valence-electron chi connectivity index (χ1n) is 6.63. The van der Waals surface area contributed by atoms with Gasteiger partial charge in [0.15, 0.2) is 0 Å². The van der Waals surface area contributed by atoms with E-state index in [2.05, 4.69) is 5.32 Å². The number of aryl methyl sites for hydroxylation is 1. The van der Waals surface area contributed by atoms with Crippen molar-refractivity contribution in [2.24, 2.45) is 0 Å². The van der Waals surface area contributed by atoms with Crippen molar-refractivity contribution in [3.05, 3.63) is 53.1 Å². The molecular formula is C17H16N2O3. The number of nitriles is 1. The SMILES string of the molecule is COc1cc(NC(=O)c2cccc(C#N)c2)c(OC)cc1C. The summed E-state index contributed by atoms with van der Waals surface area (Å²) in [4.78, 5) is 12.3. The summed E-state index contributed by atoms with van der Waals surface area (Å²) in [7, 11) is 3.10. The first-order chi connectivity index (χ1) is 10.6. The van der Waals surface area contributed by atoms with Gasteiger partial charge in [0.2, 0.25) is 0 Å². The molecule has 0 saturated carbocycles. The minimum absolute atomic E-state index is 0.318. The molecule has 0 bridgehead atoms. The number of benzene rings is 2. The molecular weight excluding hydrogens is 280 g/mol. The molecule has 0 aromatic heterocycles. The predicted molar refractivity (Wildman–Crippen MR) is 83.4 cm³/mol. The monoisotopic (exact) mass is 296 g/mol. The summed E-state index contributed by atoms with van der Waals surface area (Å²) in [6.45, 7) is 1.89. The van der Waals surface area contributed by atoms with E-state index < -0.39 is 0 Å². The molecule has 5 nitrogen and oxygen atoms in total. The molecule has 112 valence electrons. The number of amides is 1. The lowest BCUT2D eigenvalue weighted by molar-refractivity contribution is 0.102. The maximum absolute atomic E-state index is 12.3. The van der Waals surface area contributed by atoms with Crippen LogP contribution < -0.4 is 14.8 Å². The van der Waals surface area contributed by atoms with Crippen LogP contribution in [0.1, 0.15) is 21.5 Å². The van der Waals surface area contributed by atoms with Gasteiger partial charge in [0.25, 0.3) is 5.91 Å². The number of nitrogens with one attached hydrogen (secondary N) is 1. The van der Waals surface area contributed by atoms with Gasteiger partial charge in [-0.15, -0.1) is 0 Å². The number of ether oxygens (including phenoxy) is 2. The van der Waals surface area contributed by atoms with Crippen LogP contribution in [-0.4, -0.2) is 20.1 Å². The number of carbonyl (C=O) groups excluding carboxylic acids is 1. The van der Waals surface area contributed by atoms with E-state index in [-0.39, 0.29) is 5.91 Å². The Balaban J connectivity index is 2.33. The van der Waals surface area contributed by atoms with Crippen molar-refractivity contribution in [2.45, 2.75) is 6.92 Å². The Morgan fingerprint density at radius 1 is 1.14 bits per heavy atom. The number of carbonyl (C=O) groups is 1. The molecule has 0 aliphatic carbocycles. The highest BCUT2D eigenvalue weighted by Gasteiger charge is 2.13. The lowest BCUT2D eigenvalue weighted by atomic mass is 10.1. The van der Waals surface area contributed by atoms with E-state index in [9.17, 15) is 4.79 Å². The second kappa shape index (κ2) is 6.64. The molecule has 0 atom stereocenters. The van der Waals surface area contributed by atoms with Gasteiger partial charge in [-0.05, 0) is 36.8 Å². The van der Waals surface area contributed by atoms with E-state index in [1.54, 1.807) is 37.4 Å². The summed E-state index contributed by atoms with van der Waals surface area (Å²) in [6, 6.07) is 12.0. The average molecular weight is 296 g/mol. The van der Waals surface area contributed by atoms with Crippen molar-refractivity contribution >= 4 is 11.6 Å². The molecule has 5 heteroatoms. The fourth-order valence-corrected chi connectivity index (χ4v) is 2.07. The molecule has 0 unspecified atom stereocenters. The van der Waals surface area contributed by atoms with E-state index in [0.717, 1.165) is 5.56 Å². The molecule has 0 aliphatic rings. The number of nitrogens with zero attached hydrogens (tertiary/aromatic N) is 1. The molecule has 0 heterocycles. The fraction of sp³-hybridized carbons (Fsp3) is 0.176. The van der Waals surface area contributed by atoms with Gasteiger partial charge in [-0.25, -0.2) is 0 Å². The van der Waals surface area contributed by atoms with Gasteiger partial charge in [-0.1, -0.05) is 6.07 Å². The second-order valence-electron chi connectivity index (χ2n) is 4.67. The Morgan fingerprint density at radius 2 is 1.86 bits per heavy atom. The summed E-state index contributed by atoms with van der Waals surface area (Å²) in [6.07, 6.45) is 0. The number of anilines is 1. The average Bonchev–Trinajstić information content (AvgIpc) is 2.55. The Kier molecular flexibility index (Phi) is 4.64. The molecule has 0 fully saturated rings. The van der Waals surface area contributed by atoms with Crippen molar-refractivity contribution in [1.82, 2.24) is 0 Å². The van der Waals surface area contributed by atoms with Gasteiger partial charge < -0.3 is 14.8 Å². The third kappa shape index (κ3) is 3.18. The highest BCUT2D eigenvalue weighted by atomic mass is 16.5. The van der Waals surface area contributed by atoms with Gasteiger partial charge in [-0.3, -0.25) is 4.79 Å². The van der Waals surface area contributed by atoms with E-state index in [4.69, 9.17) is 14.7 Å². The van der Waals surface area contributed by atoms with Crippen molar-refractivity contribution in [3.8, 4) is 17.6 Å². The fourth-order valence-electron chi connectivity index (χ4n) is 2.07. The lowest BCUT2D eigenvalue weighted by Gasteiger charge is -2.14. The first kappa shape index (κ1) is 15.4. The molecule has 2 aromatic carbocycles. The van der Waals surface area contributed by atoms with Crippen LogP contribution in [0.2, 0.25) is 0 Å². The first-order valence-corrected chi connectivity index (χ1v) is 6.63. The summed E-state index contributed by atoms with van der Waals surface area (Å²) in [5.41, 5.74) is 2.25. The van der Waals surface area contributed by atoms with E-state index >= 15 is 0 Å². The van der Waals surface area contributed by atoms with Crippen LogP contribution in [0.5, 0.6) is 11.5 Å². The van der Waals surface area contributed by atoms with Crippen LogP contribution in [0.3, 0.4) is 0 Å². The van der Waals surface area contributed by atoms with Crippen LogP contribution in [0, 0.1) is 18.3 Å². The molecule has 0 radical (unpaired) electrons. The van der Waals surface area contributed by atoms with Crippen LogP contribution in [0.15, 0.2) is 36.4 Å². The van der Waals surface area contributed by atoms with Gasteiger partial charge in [0.05, 0.1) is 31.5 Å². The second-order valence-corrected chi connectivity index (χ2v) is 4.67. The maximum Gasteiger partial charge on any atom is 0.255 e. The van der Waals surface area contributed by atoms with Crippen LogP contribution in [0.4, 0.5) is 5.69 Å². The largest absolute Gasteiger partial charge is 0.496 e. The Morgan fingerprint density at radius 3 is 2.50 bits per heavy atom. The zero-order valence-corrected chi connectivity index (χ0v) is 12.6. The third-order valence-electron chi connectivity index (χ3n) is 3.22. The summed E-state index contributed by atoms with van der Waals surface area (Å²) < 4.78 is 10.5. The minimum Gasteiger partial charge on any atom is -0.496 e. The van der Waals surface area contributed by atoms with Crippen LogP contribution in [-0.2, 0) is 0 Å². The number of hydrogen-bond acceptors (Lipinski definition) is 4. The predicted octanol–water partition coefficient (Wildman–Crippen LogP) is 3.14. The third-order valence-corrected chi connectivity index (χ3v) is 3.22. The van der Waals surface area contributed by atoms with Crippen molar-refractivity contribution in [1.29, 1.82) is 5.26 Å². The molecule has 0 aliphatic heterocycles. The number of hydrogen-bond donors (Lipinski definition) is 1. The Labute approximate surface area is 129 Å². The van der Waals surface area contributed by atoms with E-state index in [1.165, 1.54) is 13.2 Å². The quantitative estimate of drug-likeness (QED) is 0.941. The van der Waals surface area contributed by atoms with Gasteiger partial charge >= 0.3 is 0 Å². The van der Waals surface area contributed by atoms with E-state index in [0.29, 0.717) is 28.3 Å². The standard InChI is InChI=1S/C17H16N2O3/c1-11-7-16(22-3)14(9-15(11)21-2)19-17(20)13-6-4-5-12(8-13)10-18/h4-9H,1-3H3,(H,19,20). The van der Waals surface area contributed by atoms with E-state index in [1.807, 2.05) is 13.0 Å². The molecule has 22 heavy (non-hydrogen) atoms. The van der Waals surface area contributed by atoms with Gasteiger partial charge in [-0.2, -0.15) is 5.26 Å². The van der Waals surface area contributed by atoms with Gasteiger partial charge in [0.1, 0.15) is 11.5 Å². The number of methoxy groups -OCH3 is 2. The zero-order chi connectivity index (χ0) is 16.1. The van der Waals surface area contributed by atoms with Crippen LogP contribution >= 0.6 is 0 Å².